The van der Waals surface area contributed by atoms with Gasteiger partial charge in [0, 0.05) is 37.7 Å². The van der Waals surface area contributed by atoms with E-state index in [1.165, 1.54) is 0 Å². The number of aromatic nitrogens is 3. The normalized spacial score (nSPS) is 20.6. The standard InChI is InChI=1S/C14H18N4O/c1-11-8-16-14(17-11)13-10-18(6-7-19-13)9-12-4-2-3-5-15-12/h2-5,8,13H,6-7,9-10H2,1H3,(H,16,17)/t13-/m0/s1. The summed E-state index contributed by atoms with van der Waals surface area (Å²) in [6.45, 7) is 5.39. The van der Waals surface area contributed by atoms with Gasteiger partial charge >= 0.3 is 0 Å². The van der Waals surface area contributed by atoms with Crippen LogP contribution >= 0.6 is 0 Å². The van der Waals surface area contributed by atoms with E-state index in [2.05, 4.69) is 25.9 Å². The molecule has 19 heavy (non-hydrogen) atoms. The Kier molecular flexibility index (Phi) is 3.57. The molecule has 0 spiro atoms. The lowest BCUT2D eigenvalue weighted by atomic mass is 10.2. The number of pyridine rings is 1. The lowest BCUT2D eigenvalue weighted by Crippen LogP contribution is -2.38. The molecule has 0 aliphatic carbocycles. The second-order valence-corrected chi connectivity index (χ2v) is 4.87. The van der Waals surface area contributed by atoms with Crippen LogP contribution in [0, 0.1) is 6.92 Å². The molecular weight excluding hydrogens is 240 g/mol. The van der Waals surface area contributed by atoms with Crippen molar-refractivity contribution in [2.24, 2.45) is 0 Å². The Hall–Kier alpha value is -1.72. The van der Waals surface area contributed by atoms with E-state index < -0.39 is 0 Å². The summed E-state index contributed by atoms with van der Waals surface area (Å²) in [4.78, 5) is 14.3. The van der Waals surface area contributed by atoms with Crippen molar-refractivity contribution in [1.29, 1.82) is 0 Å². The number of hydrogen-bond acceptors (Lipinski definition) is 4. The number of H-pyrrole nitrogens is 1. The van der Waals surface area contributed by atoms with Crippen LogP contribution in [-0.2, 0) is 11.3 Å². The fourth-order valence-corrected chi connectivity index (χ4v) is 2.33. The average Bonchev–Trinajstić information content (AvgIpc) is 2.87. The van der Waals surface area contributed by atoms with Crippen LogP contribution in [0.15, 0.2) is 30.6 Å². The van der Waals surface area contributed by atoms with Crippen LogP contribution in [0.1, 0.15) is 23.3 Å². The molecule has 2 aromatic rings. The van der Waals surface area contributed by atoms with Crippen molar-refractivity contribution in [2.75, 3.05) is 19.7 Å². The van der Waals surface area contributed by atoms with Gasteiger partial charge in [-0.15, -0.1) is 0 Å². The van der Waals surface area contributed by atoms with Crippen LogP contribution in [-0.4, -0.2) is 39.5 Å². The third-order valence-electron chi connectivity index (χ3n) is 3.29. The number of imidazole rings is 1. The molecular formula is C14H18N4O. The van der Waals surface area contributed by atoms with Crippen molar-refractivity contribution < 1.29 is 4.74 Å². The van der Waals surface area contributed by atoms with Gasteiger partial charge in [0.05, 0.1) is 12.3 Å². The zero-order chi connectivity index (χ0) is 13.1. The predicted molar refractivity (Wildman–Crippen MR) is 71.5 cm³/mol. The first kappa shape index (κ1) is 12.3. The van der Waals surface area contributed by atoms with Crippen LogP contribution in [0.3, 0.4) is 0 Å². The fourth-order valence-electron chi connectivity index (χ4n) is 2.33. The van der Waals surface area contributed by atoms with Crippen LogP contribution in [0.2, 0.25) is 0 Å². The molecule has 0 amide bonds. The summed E-state index contributed by atoms with van der Waals surface area (Å²) in [5, 5.41) is 0. The smallest absolute Gasteiger partial charge is 0.136 e. The summed E-state index contributed by atoms with van der Waals surface area (Å²) in [5.41, 5.74) is 2.17. The Morgan fingerprint density at radius 1 is 1.42 bits per heavy atom. The summed E-state index contributed by atoms with van der Waals surface area (Å²) < 4.78 is 5.79. The minimum absolute atomic E-state index is 0.0335. The molecule has 3 rings (SSSR count). The number of nitrogens with zero attached hydrogens (tertiary/aromatic N) is 3. The maximum Gasteiger partial charge on any atom is 0.136 e. The Balaban J connectivity index is 1.65. The minimum Gasteiger partial charge on any atom is -0.368 e. The van der Waals surface area contributed by atoms with Gasteiger partial charge in [0.1, 0.15) is 11.9 Å². The number of hydrogen-bond donors (Lipinski definition) is 1. The molecule has 1 aliphatic rings. The van der Waals surface area contributed by atoms with Crippen molar-refractivity contribution in [1.82, 2.24) is 19.9 Å². The molecule has 1 saturated heterocycles. The number of morpholine rings is 1. The number of rotatable bonds is 3. The Labute approximate surface area is 112 Å². The molecule has 1 aliphatic heterocycles. The summed E-state index contributed by atoms with van der Waals surface area (Å²) in [6.07, 6.45) is 3.71. The maximum absolute atomic E-state index is 5.79. The second-order valence-electron chi connectivity index (χ2n) is 4.87. The van der Waals surface area contributed by atoms with Crippen molar-refractivity contribution >= 4 is 0 Å². The molecule has 1 fully saturated rings. The third-order valence-corrected chi connectivity index (χ3v) is 3.29. The van der Waals surface area contributed by atoms with Gasteiger partial charge in [-0.3, -0.25) is 9.88 Å². The summed E-state index contributed by atoms with van der Waals surface area (Å²) in [7, 11) is 0. The quantitative estimate of drug-likeness (QED) is 0.910. The predicted octanol–water partition coefficient (Wildman–Crippen LogP) is 1.69. The molecule has 0 unspecified atom stereocenters. The van der Waals surface area contributed by atoms with Gasteiger partial charge in [0.2, 0.25) is 0 Å². The molecule has 0 bridgehead atoms. The second kappa shape index (κ2) is 5.50. The topological polar surface area (TPSA) is 54.0 Å². The first-order valence-electron chi connectivity index (χ1n) is 6.56. The summed E-state index contributed by atoms with van der Waals surface area (Å²) in [5.74, 6) is 0.920. The van der Waals surface area contributed by atoms with Gasteiger partial charge in [-0.05, 0) is 19.1 Å². The Bertz CT molecular complexity index is 525. The molecule has 3 heterocycles. The highest BCUT2D eigenvalue weighted by atomic mass is 16.5. The molecule has 100 valence electrons. The SMILES string of the molecule is Cc1cnc([C@@H]2CN(Cc3ccccn3)CCO2)[nH]1. The van der Waals surface area contributed by atoms with Gasteiger partial charge in [-0.25, -0.2) is 4.98 Å². The van der Waals surface area contributed by atoms with Crippen molar-refractivity contribution in [3.05, 3.63) is 47.8 Å². The van der Waals surface area contributed by atoms with E-state index in [1.807, 2.05) is 31.5 Å². The molecule has 1 N–H and O–H groups in total. The van der Waals surface area contributed by atoms with Crippen LogP contribution in [0.25, 0.3) is 0 Å². The van der Waals surface area contributed by atoms with E-state index >= 15 is 0 Å². The van der Waals surface area contributed by atoms with E-state index in [0.29, 0.717) is 0 Å². The van der Waals surface area contributed by atoms with Crippen molar-refractivity contribution in [3.63, 3.8) is 0 Å². The van der Waals surface area contributed by atoms with Gasteiger partial charge in [-0.2, -0.15) is 0 Å². The zero-order valence-electron chi connectivity index (χ0n) is 11.0. The number of ether oxygens (including phenoxy) is 1. The van der Waals surface area contributed by atoms with Crippen molar-refractivity contribution in [3.8, 4) is 0 Å². The fraction of sp³-hybridized carbons (Fsp3) is 0.429. The van der Waals surface area contributed by atoms with E-state index in [1.54, 1.807) is 0 Å². The lowest BCUT2D eigenvalue weighted by molar-refractivity contribution is -0.0372. The number of aromatic amines is 1. The molecule has 5 nitrogen and oxygen atoms in total. The minimum atomic E-state index is 0.0335. The van der Waals surface area contributed by atoms with Gasteiger partial charge in [0.15, 0.2) is 0 Å². The summed E-state index contributed by atoms with van der Waals surface area (Å²) >= 11 is 0. The average molecular weight is 258 g/mol. The van der Waals surface area contributed by atoms with Crippen LogP contribution in [0.5, 0.6) is 0 Å². The highest BCUT2D eigenvalue weighted by molar-refractivity contribution is 5.05. The zero-order valence-corrected chi connectivity index (χ0v) is 11.0. The van der Waals surface area contributed by atoms with E-state index in [4.69, 9.17) is 4.74 Å². The number of nitrogens with one attached hydrogen (secondary N) is 1. The molecule has 1 atom stereocenters. The monoisotopic (exact) mass is 258 g/mol. The van der Waals surface area contributed by atoms with Crippen molar-refractivity contribution in [2.45, 2.75) is 19.6 Å². The maximum atomic E-state index is 5.79. The lowest BCUT2D eigenvalue weighted by Gasteiger charge is -2.31. The summed E-state index contributed by atoms with van der Waals surface area (Å²) in [6, 6.07) is 6.02. The largest absolute Gasteiger partial charge is 0.368 e. The van der Waals surface area contributed by atoms with Gasteiger partial charge in [0.25, 0.3) is 0 Å². The first-order valence-corrected chi connectivity index (χ1v) is 6.56. The van der Waals surface area contributed by atoms with Crippen LogP contribution < -0.4 is 0 Å². The molecule has 0 radical (unpaired) electrons. The van der Waals surface area contributed by atoms with E-state index in [-0.39, 0.29) is 6.10 Å². The van der Waals surface area contributed by atoms with Gasteiger partial charge in [-0.1, -0.05) is 6.07 Å². The first-order chi connectivity index (χ1) is 9.31. The Morgan fingerprint density at radius 3 is 3.11 bits per heavy atom. The van der Waals surface area contributed by atoms with E-state index in [9.17, 15) is 0 Å². The third kappa shape index (κ3) is 3.00. The molecule has 5 heteroatoms. The number of aryl methyl sites for hydroxylation is 1. The highest BCUT2D eigenvalue weighted by Gasteiger charge is 2.24. The molecule has 0 saturated carbocycles. The van der Waals surface area contributed by atoms with Crippen LogP contribution in [0.4, 0.5) is 0 Å². The highest BCUT2D eigenvalue weighted by Crippen LogP contribution is 2.20. The van der Waals surface area contributed by atoms with Gasteiger partial charge < -0.3 is 9.72 Å². The molecule has 0 aromatic carbocycles. The molecule has 2 aromatic heterocycles. The Morgan fingerprint density at radius 2 is 2.37 bits per heavy atom. The van der Waals surface area contributed by atoms with E-state index in [0.717, 1.165) is 43.5 Å².